The van der Waals surface area contributed by atoms with Gasteiger partial charge in [0.1, 0.15) is 6.67 Å². The van der Waals surface area contributed by atoms with Gasteiger partial charge in [-0.15, -0.1) is 5.11 Å². The van der Waals surface area contributed by atoms with Crippen molar-refractivity contribution in [3.05, 3.63) is 36.5 Å². The molecule has 0 saturated heterocycles. The minimum atomic E-state index is 0.598. The summed E-state index contributed by atoms with van der Waals surface area (Å²) >= 11 is 0. The van der Waals surface area contributed by atoms with E-state index in [0.717, 1.165) is 16.9 Å². The predicted molar refractivity (Wildman–Crippen MR) is 61.8 cm³/mol. The van der Waals surface area contributed by atoms with Crippen LogP contribution in [-0.2, 0) is 6.67 Å². The van der Waals surface area contributed by atoms with Crippen molar-refractivity contribution in [3.8, 4) is 0 Å². The van der Waals surface area contributed by atoms with Crippen molar-refractivity contribution < 1.29 is 0 Å². The van der Waals surface area contributed by atoms with E-state index in [-0.39, 0.29) is 0 Å². The van der Waals surface area contributed by atoms with Crippen LogP contribution in [0.25, 0.3) is 21.8 Å². The van der Waals surface area contributed by atoms with Crippen molar-refractivity contribution in [1.82, 2.24) is 9.55 Å². The molecule has 3 aromatic rings. The number of nitrogens with zero attached hydrogens (tertiary/aromatic N) is 4. The molecule has 16 heavy (non-hydrogen) atoms. The van der Waals surface area contributed by atoms with E-state index in [2.05, 4.69) is 50.1 Å². The molecule has 0 saturated carbocycles. The Kier molecular flexibility index (Phi) is 1.33. The van der Waals surface area contributed by atoms with Crippen LogP contribution in [0.2, 0.25) is 0 Å². The van der Waals surface area contributed by atoms with Gasteiger partial charge in [0.05, 0.1) is 17.2 Å². The highest BCUT2D eigenvalue weighted by atomic mass is 15.3. The molecule has 0 fully saturated rings. The minimum Gasteiger partial charge on any atom is -0.299 e. The number of aromatic nitrogens is 2. The zero-order chi connectivity index (χ0) is 10.5. The maximum absolute atomic E-state index is 4.48. The molecule has 0 spiro atoms. The fourth-order valence-corrected chi connectivity index (χ4v) is 2.25. The van der Waals surface area contributed by atoms with Gasteiger partial charge in [-0.3, -0.25) is 9.55 Å². The lowest BCUT2D eigenvalue weighted by Crippen LogP contribution is -1.96. The van der Waals surface area contributed by atoms with Crippen LogP contribution in [0.3, 0.4) is 0 Å². The second kappa shape index (κ2) is 2.66. The van der Waals surface area contributed by atoms with Crippen LogP contribution in [0.5, 0.6) is 0 Å². The molecule has 1 aromatic heterocycles. The van der Waals surface area contributed by atoms with Gasteiger partial charge < -0.3 is 0 Å². The third kappa shape index (κ3) is 0.863. The van der Waals surface area contributed by atoms with Gasteiger partial charge in [-0.2, -0.15) is 5.11 Å². The molecule has 0 radical (unpaired) electrons. The van der Waals surface area contributed by atoms with Gasteiger partial charge in [0.15, 0.2) is 5.82 Å². The van der Waals surface area contributed by atoms with Crippen molar-refractivity contribution >= 4 is 27.6 Å². The molecule has 0 bridgehead atoms. The van der Waals surface area contributed by atoms with Crippen LogP contribution in [0, 0.1) is 0 Å². The van der Waals surface area contributed by atoms with E-state index in [1.54, 1.807) is 6.20 Å². The van der Waals surface area contributed by atoms with Crippen LogP contribution in [0.4, 0.5) is 5.82 Å². The molecule has 0 aliphatic carbocycles. The number of fused-ring (bicyclic) bond motifs is 5. The molecule has 1 aliphatic rings. The van der Waals surface area contributed by atoms with Gasteiger partial charge >= 0.3 is 0 Å². The van der Waals surface area contributed by atoms with E-state index in [1.807, 2.05) is 0 Å². The Labute approximate surface area is 91.2 Å². The molecule has 4 rings (SSSR count). The van der Waals surface area contributed by atoms with Crippen LogP contribution in [-0.4, -0.2) is 9.55 Å². The van der Waals surface area contributed by atoms with Crippen LogP contribution in [0.1, 0.15) is 0 Å². The summed E-state index contributed by atoms with van der Waals surface area (Å²) in [5, 5.41) is 10.5. The second-order valence-electron chi connectivity index (χ2n) is 3.89. The summed E-state index contributed by atoms with van der Waals surface area (Å²) in [6, 6.07) is 10.5. The first-order valence-electron chi connectivity index (χ1n) is 5.18. The number of azo groups is 1. The molecule has 4 heteroatoms. The van der Waals surface area contributed by atoms with E-state index in [9.17, 15) is 0 Å². The number of hydrogen-bond donors (Lipinski definition) is 0. The largest absolute Gasteiger partial charge is 0.299 e. The average Bonchev–Trinajstić information content (AvgIpc) is 2.96. The summed E-state index contributed by atoms with van der Waals surface area (Å²) in [7, 11) is 0. The summed E-state index contributed by atoms with van der Waals surface area (Å²) in [4.78, 5) is 4.48. The van der Waals surface area contributed by atoms with Crippen LogP contribution in [0.15, 0.2) is 46.8 Å². The maximum atomic E-state index is 4.48. The number of hydrogen-bond acceptors (Lipinski definition) is 3. The van der Waals surface area contributed by atoms with Crippen molar-refractivity contribution in [3.63, 3.8) is 0 Å². The van der Waals surface area contributed by atoms with Gasteiger partial charge in [-0.1, -0.05) is 24.3 Å². The molecular weight excluding hydrogens is 200 g/mol. The molecule has 2 heterocycles. The van der Waals surface area contributed by atoms with E-state index < -0.39 is 0 Å². The van der Waals surface area contributed by atoms with Gasteiger partial charge in [0.2, 0.25) is 0 Å². The predicted octanol–water partition coefficient (Wildman–Crippen LogP) is 3.24. The van der Waals surface area contributed by atoms with Crippen LogP contribution < -0.4 is 0 Å². The molecule has 2 aromatic carbocycles. The van der Waals surface area contributed by atoms with Crippen molar-refractivity contribution in [2.24, 2.45) is 10.2 Å². The third-order valence-electron chi connectivity index (χ3n) is 3.02. The molecule has 0 unspecified atom stereocenters. The Morgan fingerprint density at radius 1 is 1.12 bits per heavy atom. The first-order chi connectivity index (χ1) is 7.93. The first-order valence-corrected chi connectivity index (χ1v) is 5.18. The molecule has 0 N–H and O–H groups in total. The second-order valence-corrected chi connectivity index (χ2v) is 3.89. The fourth-order valence-electron chi connectivity index (χ4n) is 2.25. The minimum absolute atomic E-state index is 0.598. The molecule has 4 nitrogen and oxygen atoms in total. The Bertz CT molecular complexity index is 739. The Balaban J connectivity index is 2.25. The molecule has 0 amide bonds. The summed E-state index contributed by atoms with van der Waals surface area (Å²) in [6.07, 6.45) is 1.78. The van der Waals surface area contributed by atoms with Gasteiger partial charge in [0.25, 0.3) is 0 Å². The average molecular weight is 208 g/mol. The monoisotopic (exact) mass is 208 g/mol. The smallest absolute Gasteiger partial charge is 0.175 e. The summed E-state index contributed by atoms with van der Waals surface area (Å²) in [5.74, 6) is 0.832. The van der Waals surface area contributed by atoms with Crippen molar-refractivity contribution in [1.29, 1.82) is 0 Å². The van der Waals surface area contributed by atoms with Crippen molar-refractivity contribution in [2.75, 3.05) is 0 Å². The summed E-state index contributed by atoms with van der Waals surface area (Å²) in [5.41, 5.74) is 2.12. The highest BCUT2D eigenvalue weighted by molar-refractivity contribution is 6.04. The summed E-state index contributed by atoms with van der Waals surface area (Å²) < 4.78 is 2.08. The fraction of sp³-hybridized carbons (Fsp3) is 0.0833. The first kappa shape index (κ1) is 7.98. The van der Waals surface area contributed by atoms with Gasteiger partial charge in [-0.25, -0.2) is 0 Å². The molecule has 76 valence electrons. The Hall–Kier alpha value is -2.23. The number of benzene rings is 1. The van der Waals surface area contributed by atoms with E-state index >= 15 is 0 Å². The highest BCUT2D eigenvalue weighted by Gasteiger charge is 2.11. The quantitative estimate of drug-likeness (QED) is 0.559. The van der Waals surface area contributed by atoms with Gasteiger partial charge in [0, 0.05) is 5.39 Å². The van der Waals surface area contributed by atoms with E-state index in [0.29, 0.717) is 6.67 Å². The zero-order valence-corrected chi connectivity index (χ0v) is 8.46. The maximum Gasteiger partial charge on any atom is 0.175 e. The SMILES string of the molecule is c1cc2ccc3c(ncc4n3CN=N4)c2c1. The van der Waals surface area contributed by atoms with Crippen molar-refractivity contribution in [2.45, 2.75) is 6.67 Å². The van der Waals surface area contributed by atoms with E-state index in [4.69, 9.17) is 0 Å². The zero-order valence-electron chi connectivity index (χ0n) is 8.46. The lowest BCUT2D eigenvalue weighted by molar-refractivity contribution is 0.799. The lowest BCUT2D eigenvalue weighted by atomic mass is 10.2. The van der Waals surface area contributed by atoms with Gasteiger partial charge in [-0.05, 0) is 11.5 Å². The molecular formula is C12H8N4. The lowest BCUT2D eigenvalue weighted by Gasteiger charge is -2.06. The standard InChI is InChI=1S/C12H8N4/c1-2-8-4-5-10-12(9(8)3-1)13-6-11-15-14-7-16(10)11/h1-6H,7H2. The molecule has 1 aliphatic heterocycles. The third-order valence-corrected chi connectivity index (χ3v) is 3.02. The normalized spacial score (nSPS) is 13.8. The highest BCUT2D eigenvalue weighted by Crippen LogP contribution is 2.29. The topological polar surface area (TPSA) is 42.5 Å². The summed E-state index contributed by atoms with van der Waals surface area (Å²) in [6.45, 7) is 0.598. The van der Waals surface area contributed by atoms with Crippen LogP contribution >= 0.6 is 0 Å². The Morgan fingerprint density at radius 2 is 2.12 bits per heavy atom. The number of rotatable bonds is 0. The van der Waals surface area contributed by atoms with E-state index in [1.165, 1.54) is 10.8 Å². The molecule has 0 atom stereocenters. The Morgan fingerprint density at radius 3 is 3.12 bits per heavy atom.